The Bertz CT molecular complexity index is 1810. The highest BCUT2D eigenvalue weighted by Gasteiger charge is 2.35. The molecule has 1 atom stereocenters. The zero-order valence-electron chi connectivity index (χ0n) is 25.8. The van der Waals surface area contributed by atoms with Gasteiger partial charge in [-0.15, -0.1) is 0 Å². The van der Waals surface area contributed by atoms with Gasteiger partial charge in [-0.05, 0) is 53.9 Å². The molecule has 0 bridgehead atoms. The van der Waals surface area contributed by atoms with Crippen LogP contribution in [0.3, 0.4) is 0 Å². The summed E-state index contributed by atoms with van der Waals surface area (Å²) in [6.45, 7) is 2.30. The van der Waals surface area contributed by atoms with E-state index in [2.05, 4.69) is 5.32 Å². The van der Waals surface area contributed by atoms with Crippen molar-refractivity contribution in [3.63, 3.8) is 0 Å². The van der Waals surface area contributed by atoms with Gasteiger partial charge in [0.15, 0.2) is 11.5 Å². The SMILES string of the molecule is CCCNC(=O)[C@@H](Cc1ccccc1)N(Cc1ccc(Cl)cc1Cl)C(=O)CN(c1ccc2c(c1)OCCO2)S(=O)(=O)c1ccccc1. The van der Waals surface area contributed by atoms with Crippen LogP contribution in [0.5, 0.6) is 11.5 Å². The standard InChI is InChI=1S/C35H35Cl2N3O6S/c1-2-17-38-35(42)31(20-25-9-5-3-6-10-25)39(23-26-13-14-27(36)21-30(26)37)34(41)24-40(47(43,44)29-11-7-4-8-12-29)28-15-16-32-33(22-28)46-19-18-45-32/h3-16,21-22,31H,2,17-20,23-24H2,1H3,(H,38,42)/t31-/m1/s1. The lowest BCUT2D eigenvalue weighted by molar-refractivity contribution is -0.140. The van der Waals surface area contributed by atoms with Crippen molar-refractivity contribution in [1.82, 2.24) is 10.2 Å². The highest BCUT2D eigenvalue weighted by atomic mass is 35.5. The number of anilines is 1. The Balaban J connectivity index is 1.59. The number of hydrogen-bond donors (Lipinski definition) is 1. The van der Waals surface area contributed by atoms with Gasteiger partial charge < -0.3 is 19.7 Å². The second-order valence-electron chi connectivity index (χ2n) is 10.9. The van der Waals surface area contributed by atoms with E-state index in [9.17, 15) is 18.0 Å². The molecule has 0 radical (unpaired) electrons. The van der Waals surface area contributed by atoms with E-state index in [0.29, 0.717) is 53.3 Å². The van der Waals surface area contributed by atoms with Crippen LogP contribution in [0.4, 0.5) is 5.69 Å². The molecule has 0 fully saturated rings. The zero-order valence-corrected chi connectivity index (χ0v) is 28.1. The van der Waals surface area contributed by atoms with Crippen LogP contribution in [0.25, 0.3) is 0 Å². The molecule has 12 heteroatoms. The van der Waals surface area contributed by atoms with Crippen molar-refractivity contribution in [2.24, 2.45) is 0 Å². The first-order valence-electron chi connectivity index (χ1n) is 15.2. The van der Waals surface area contributed by atoms with Gasteiger partial charge in [0.1, 0.15) is 25.8 Å². The van der Waals surface area contributed by atoms with E-state index in [-0.39, 0.29) is 29.5 Å². The normalized spacial score (nSPS) is 13.0. The van der Waals surface area contributed by atoms with E-state index in [1.165, 1.54) is 23.1 Å². The number of hydrogen-bond acceptors (Lipinski definition) is 6. The van der Waals surface area contributed by atoms with Crippen molar-refractivity contribution in [3.8, 4) is 11.5 Å². The van der Waals surface area contributed by atoms with Crippen LogP contribution in [0.15, 0.2) is 102 Å². The van der Waals surface area contributed by atoms with Gasteiger partial charge in [0, 0.05) is 35.6 Å². The fourth-order valence-electron chi connectivity index (χ4n) is 5.19. The summed E-state index contributed by atoms with van der Waals surface area (Å²) >= 11 is 12.7. The Morgan fingerprint density at radius 1 is 0.872 bits per heavy atom. The molecular weight excluding hydrogens is 661 g/mol. The van der Waals surface area contributed by atoms with Crippen LogP contribution < -0.4 is 19.1 Å². The third kappa shape index (κ3) is 8.38. The van der Waals surface area contributed by atoms with Crippen molar-refractivity contribution in [2.45, 2.75) is 37.2 Å². The maximum absolute atomic E-state index is 14.6. The van der Waals surface area contributed by atoms with Gasteiger partial charge in [-0.3, -0.25) is 13.9 Å². The zero-order chi connectivity index (χ0) is 33.4. The fourth-order valence-corrected chi connectivity index (χ4v) is 7.08. The summed E-state index contributed by atoms with van der Waals surface area (Å²) in [5.74, 6) is -0.151. The number of nitrogens with zero attached hydrogens (tertiary/aromatic N) is 2. The van der Waals surface area contributed by atoms with Crippen LogP contribution >= 0.6 is 23.2 Å². The molecular formula is C35H35Cl2N3O6S. The number of amides is 2. The highest BCUT2D eigenvalue weighted by Crippen LogP contribution is 2.36. The minimum absolute atomic E-state index is 0.00323. The number of sulfonamides is 1. The highest BCUT2D eigenvalue weighted by molar-refractivity contribution is 7.92. The lowest BCUT2D eigenvalue weighted by atomic mass is 10.0. The molecule has 47 heavy (non-hydrogen) atoms. The van der Waals surface area contributed by atoms with Crippen molar-refractivity contribution in [2.75, 3.05) is 30.6 Å². The summed E-state index contributed by atoms with van der Waals surface area (Å²) in [6.07, 6.45) is 0.872. The van der Waals surface area contributed by atoms with Crippen LogP contribution in [0, 0.1) is 0 Å². The molecule has 246 valence electrons. The topological polar surface area (TPSA) is 105 Å². The maximum Gasteiger partial charge on any atom is 0.264 e. The average molecular weight is 697 g/mol. The summed E-state index contributed by atoms with van der Waals surface area (Å²) in [6, 6.07) is 25.8. The Morgan fingerprint density at radius 3 is 2.23 bits per heavy atom. The molecule has 4 aromatic carbocycles. The maximum atomic E-state index is 14.6. The van der Waals surface area contributed by atoms with Gasteiger partial charge in [0.25, 0.3) is 10.0 Å². The van der Waals surface area contributed by atoms with Crippen LogP contribution in [-0.4, -0.2) is 57.5 Å². The molecule has 0 aliphatic carbocycles. The predicted molar refractivity (Wildman–Crippen MR) is 183 cm³/mol. The lowest BCUT2D eigenvalue weighted by Gasteiger charge is -2.34. The van der Waals surface area contributed by atoms with Crippen molar-refractivity contribution in [1.29, 1.82) is 0 Å². The molecule has 0 spiro atoms. The quantitative estimate of drug-likeness (QED) is 0.181. The van der Waals surface area contributed by atoms with Gasteiger partial charge in [-0.25, -0.2) is 8.42 Å². The number of benzene rings is 4. The third-order valence-corrected chi connectivity index (χ3v) is 9.97. The molecule has 9 nitrogen and oxygen atoms in total. The molecule has 2 amide bonds. The number of nitrogens with one attached hydrogen (secondary N) is 1. The van der Waals surface area contributed by atoms with Crippen molar-refractivity contribution < 1.29 is 27.5 Å². The van der Waals surface area contributed by atoms with Crippen molar-refractivity contribution in [3.05, 3.63) is 118 Å². The summed E-state index contributed by atoms with van der Waals surface area (Å²) in [7, 11) is -4.27. The Kier molecular flexibility index (Phi) is 11.3. The molecule has 0 unspecified atom stereocenters. The lowest BCUT2D eigenvalue weighted by Crippen LogP contribution is -2.53. The first kappa shape index (κ1) is 34.1. The van der Waals surface area contributed by atoms with Gasteiger partial charge in [-0.1, -0.05) is 84.7 Å². The number of rotatable bonds is 13. The molecule has 0 aromatic heterocycles. The number of halogens is 2. The largest absolute Gasteiger partial charge is 0.486 e. The summed E-state index contributed by atoms with van der Waals surface area (Å²) in [5.41, 5.74) is 1.57. The van der Waals surface area contributed by atoms with Gasteiger partial charge in [0.2, 0.25) is 11.8 Å². The van der Waals surface area contributed by atoms with Gasteiger partial charge in [-0.2, -0.15) is 0 Å². The van der Waals surface area contributed by atoms with E-state index >= 15 is 0 Å². The van der Waals surface area contributed by atoms with E-state index in [1.54, 1.807) is 48.5 Å². The Labute approximate surface area is 285 Å². The second-order valence-corrected chi connectivity index (χ2v) is 13.6. The second kappa shape index (κ2) is 15.6. The van der Waals surface area contributed by atoms with E-state index < -0.39 is 28.5 Å². The molecule has 1 aliphatic rings. The van der Waals surface area contributed by atoms with E-state index in [4.69, 9.17) is 32.7 Å². The molecule has 1 aliphatic heterocycles. The van der Waals surface area contributed by atoms with Gasteiger partial charge in [0.05, 0.1) is 10.6 Å². The van der Waals surface area contributed by atoms with Crippen LogP contribution in [0.2, 0.25) is 10.0 Å². The van der Waals surface area contributed by atoms with Crippen LogP contribution in [0.1, 0.15) is 24.5 Å². The summed E-state index contributed by atoms with van der Waals surface area (Å²) in [4.78, 5) is 29.8. The molecule has 0 saturated heterocycles. The third-order valence-electron chi connectivity index (χ3n) is 7.60. The predicted octanol–water partition coefficient (Wildman–Crippen LogP) is 6.13. The monoisotopic (exact) mass is 695 g/mol. The summed E-state index contributed by atoms with van der Waals surface area (Å²) in [5, 5.41) is 3.65. The first-order valence-corrected chi connectivity index (χ1v) is 17.4. The first-order chi connectivity index (χ1) is 22.7. The van der Waals surface area contributed by atoms with Gasteiger partial charge >= 0.3 is 0 Å². The number of carbonyl (C=O) groups excluding carboxylic acids is 2. The molecule has 1 heterocycles. The number of carbonyl (C=O) groups is 2. The Morgan fingerprint density at radius 2 is 1.55 bits per heavy atom. The smallest absolute Gasteiger partial charge is 0.264 e. The van der Waals surface area contributed by atoms with E-state index in [0.717, 1.165) is 9.87 Å². The molecule has 1 N–H and O–H groups in total. The van der Waals surface area contributed by atoms with E-state index in [1.807, 2.05) is 37.3 Å². The van der Waals surface area contributed by atoms with Crippen LogP contribution in [-0.2, 0) is 32.6 Å². The Hall–Kier alpha value is -4.25. The molecule has 5 rings (SSSR count). The number of fused-ring (bicyclic) bond motifs is 1. The fraction of sp³-hybridized carbons (Fsp3) is 0.257. The molecule has 0 saturated carbocycles. The minimum atomic E-state index is -4.27. The van der Waals surface area contributed by atoms with Crippen molar-refractivity contribution >= 4 is 50.7 Å². The molecule has 4 aromatic rings. The summed E-state index contributed by atoms with van der Waals surface area (Å²) < 4.78 is 40.8. The average Bonchev–Trinajstić information content (AvgIpc) is 3.09. The number of ether oxygens (including phenoxy) is 2. The minimum Gasteiger partial charge on any atom is -0.486 e.